The molecule has 0 atom stereocenters. The lowest BCUT2D eigenvalue weighted by molar-refractivity contribution is 0.0126. The summed E-state index contributed by atoms with van der Waals surface area (Å²) in [5.74, 6) is 0.808. The van der Waals surface area contributed by atoms with Crippen LogP contribution in [0.4, 0.5) is 4.79 Å². The second-order valence-electron chi connectivity index (χ2n) is 6.98. The van der Waals surface area contributed by atoms with Gasteiger partial charge in [-0.1, -0.05) is 5.16 Å². The molecule has 134 valence electrons. The van der Waals surface area contributed by atoms with E-state index in [1.807, 2.05) is 20.8 Å². The monoisotopic (exact) mass is 346 g/mol. The molecule has 1 N–H and O–H groups in total. The minimum Gasteiger partial charge on any atom is -0.444 e. The Labute approximate surface area is 145 Å². The lowest BCUT2D eigenvalue weighted by atomic mass is 9.89. The van der Waals surface area contributed by atoms with Gasteiger partial charge in [-0.3, -0.25) is 4.98 Å². The molecule has 25 heavy (non-hydrogen) atoms. The van der Waals surface area contributed by atoms with Crippen molar-refractivity contribution in [3.05, 3.63) is 30.4 Å². The Morgan fingerprint density at radius 2 is 1.92 bits per heavy atom. The quantitative estimate of drug-likeness (QED) is 0.912. The fourth-order valence-electron chi connectivity index (χ4n) is 2.65. The fraction of sp³-hybridized carbons (Fsp3) is 0.529. The van der Waals surface area contributed by atoms with E-state index in [9.17, 15) is 4.79 Å². The van der Waals surface area contributed by atoms with E-state index < -0.39 is 17.2 Å². The van der Waals surface area contributed by atoms with Gasteiger partial charge in [-0.15, -0.1) is 0 Å². The molecule has 0 bridgehead atoms. The number of rotatable bonds is 3. The molecule has 8 nitrogen and oxygen atoms in total. The number of hydrogen-bond donors (Lipinski definition) is 1. The molecule has 8 heteroatoms. The molecule has 0 radical (unpaired) electrons. The third-order valence-corrected chi connectivity index (χ3v) is 3.87. The minimum atomic E-state index is -0.768. The predicted molar refractivity (Wildman–Crippen MR) is 88.6 cm³/mol. The van der Waals surface area contributed by atoms with Crippen LogP contribution in [0.3, 0.4) is 0 Å². The van der Waals surface area contributed by atoms with E-state index in [1.54, 1.807) is 24.5 Å². The third-order valence-electron chi connectivity index (χ3n) is 3.87. The SMILES string of the molecule is CC(C)(C)OC(=O)NC1(c2noc(-c3ccncc3)n2)CCOCC1. The van der Waals surface area contributed by atoms with Crippen LogP contribution in [0.5, 0.6) is 0 Å². The van der Waals surface area contributed by atoms with E-state index in [2.05, 4.69) is 20.4 Å². The van der Waals surface area contributed by atoms with Gasteiger partial charge in [0.15, 0.2) is 5.82 Å². The summed E-state index contributed by atoms with van der Waals surface area (Å²) in [6.07, 6.45) is 3.89. The first kappa shape index (κ1) is 17.3. The molecule has 1 amide bonds. The average molecular weight is 346 g/mol. The normalized spacial score (nSPS) is 17.1. The van der Waals surface area contributed by atoms with Crippen molar-refractivity contribution in [2.75, 3.05) is 13.2 Å². The molecule has 0 saturated carbocycles. The highest BCUT2D eigenvalue weighted by Gasteiger charge is 2.41. The summed E-state index contributed by atoms with van der Waals surface area (Å²) in [5, 5.41) is 7.04. The van der Waals surface area contributed by atoms with Gasteiger partial charge in [0.1, 0.15) is 11.1 Å². The summed E-state index contributed by atoms with van der Waals surface area (Å²) in [6, 6.07) is 3.57. The maximum atomic E-state index is 12.3. The first-order valence-corrected chi connectivity index (χ1v) is 8.21. The minimum absolute atomic E-state index is 0.384. The van der Waals surface area contributed by atoms with Gasteiger partial charge in [-0.25, -0.2) is 4.79 Å². The topological polar surface area (TPSA) is 99.4 Å². The van der Waals surface area contributed by atoms with Gasteiger partial charge in [-0.05, 0) is 32.9 Å². The van der Waals surface area contributed by atoms with E-state index in [0.717, 1.165) is 5.56 Å². The molecule has 1 fully saturated rings. The largest absolute Gasteiger partial charge is 0.444 e. The lowest BCUT2D eigenvalue weighted by Gasteiger charge is -2.35. The highest BCUT2D eigenvalue weighted by molar-refractivity contribution is 5.69. The molecule has 1 saturated heterocycles. The smallest absolute Gasteiger partial charge is 0.408 e. The van der Waals surface area contributed by atoms with Gasteiger partial charge in [0, 0.05) is 44.0 Å². The van der Waals surface area contributed by atoms with Crippen molar-refractivity contribution in [2.45, 2.75) is 44.8 Å². The Hall–Kier alpha value is -2.48. The number of nitrogens with zero attached hydrogens (tertiary/aromatic N) is 3. The summed E-state index contributed by atoms with van der Waals surface area (Å²) in [7, 11) is 0. The van der Waals surface area contributed by atoms with Gasteiger partial charge in [-0.2, -0.15) is 4.98 Å². The van der Waals surface area contributed by atoms with Crippen LogP contribution in [-0.2, 0) is 15.0 Å². The number of carbonyl (C=O) groups excluding carboxylic acids is 1. The molecular formula is C17H22N4O4. The number of aromatic nitrogens is 3. The van der Waals surface area contributed by atoms with Crippen LogP contribution in [0.2, 0.25) is 0 Å². The van der Waals surface area contributed by atoms with Gasteiger partial charge < -0.3 is 19.3 Å². The molecule has 0 aromatic carbocycles. The van der Waals surface area contributed by atoms with Gasteiger partial charge in [0.2, 0.25) is 0 Å². The number of hydrogen-bond acceptors (Lipinski definition) is 7. The summed E-state index contributed by atoms with van der Waals surface area (Å²) < 4.78 is 16.2. The van der Waals surface area contributed by atoms with E-state index in [1.165, 1.54) is 0 Å². The highest BCUT2D eigenvalue weighted by atomic mass is 16.6. The standard InChI is InChI=1S/C17H22N4O4/c1-16(2,3)24-15(22)20-17(6-10-23-11-7-17)14-19-13(25-21-14)12-4-8-18-9-5-12/h4-5,8-9H,6-7,10-11H2,1-3H3,(H,20,22). The van der Waals surface area contributed by atoms with Crippen molar-refractivity contribution < 1.29 is 18.8 Å². The molecule has 1 aliphatic rings. The second kappa shape index (κ2) is 6.79. The Bertz CT molecular complexity index is 718. The van der Waals surface area contributed by atoms with E-state index in [-0.39, 0.29) is 0 Å². The van der Waals surface area contributed by atoms with E-state index >= 15 is 0 Å². The van der Waals surface area contributed by atoms with E-state index in [0.29, 0.717) is 37.8 Å². The van der Waals surface area contributed by atoms with Crippen LogP contribution in [0.25, 0.3) is 11.5 Å². The van der Waals surface area contributed by atoms with Crippen LogP contribution in [-0.4, -0.2) is 40.0 Å². The lowest BCUT2D eigenvalue weighted by Crippen LogP contribution is -2.51. The van der Waals surface area contributed by atoms with Crippen LogP contribution in [0.15, 0.2) is 29.0 Å². The second-order valence-corrected chi connectivity index (χ2v) is 6.98. The summed E-state index contributed by atoms with van der Waals surface area (Å²) in [4.78, 5) is 20.8. The molecular weight excluding hydrogens is 324 g/mol. The number of nitrogens with one attached hydrogen (secondary N) is 1. The Balaban J connectivity index is 1.86. The van der Waals surface area contributed by atoms with Crippen LogP contribution in [0.1, 0.15) is 39.4 Å². The zero-order chi connectivity index (χ0) is 17.9. The van der Waals surface area contributed by atoms with Gasteiger partial charge >= 0.3 is 6.09 Å². The molecule has 1 aliphatic heterocycles. The van der Waals surface area contributed by atoms with Crippen molar-refractivity contribution in [3.63, 3.8) is 0 Å². The Morgan fingerprint density at radius 1 is 1.24 bits per heavy atom. The molecule has 2 aromatic rings. The number of amides is 1. The van der Waals surface area contributed by atoms with Crippen molar-refractivity contribution in [3.8, 4) is 11.5 Å². The van der Waals surface area contributed by atoms with Crippen molar-refractivity contribution >= 4 is 6.09 Å². The van der Waals surface area contributed by atoms with E-state index in [4.69, 9.17) is 14.0 Å². The van der Waals surface area contributed by atoms with Crippen LogP contribution < -0.4 is 5.32 Å². The molecule has 2 aromatic heterocycles. The first-order chi connectivity index (χ1) is 11.9. The maximum Gasteiger partial charge on any atom is 0.408 e. The molecule has 0 spiro atoms. The highest BCUT2D eigenvalue weighted by Crippen LogP contribution is 2.32. The van der Waals surface area contributed by atoms with Gasteiger partial charge in [0.25, 0.3) is 5.89 Å². The zero-order valence-corrected chi connectivity index (χ0v) is 14.6. The number of alkyl carbamates (subject to hydrolysis) is 1. The predicted octanol–water partition coefficient (Wildman–Crippen LogP) is 2.66. The number of pyridine rings is 1. The molecule has 0 unspecified atom stereocenters. The number of ether oxygens (including phenoxy) is 2. The van der Waals surface area contributed by atoms with Crippen molar-refractivity contribution in [2.24, 2.45) is 0 Å². The summed E-state index contributed by atoms with van der Waals surface area (Å²) >= 11 is 0. The maximum absolute atomic E-state index is 12.3. The molecule has 3 heterocycles. The van der Waals surface area contributed by atoms with Gasteiger partial charge in [0.05, 0.1) is 0 Å². The third kappa shape index (κ3) is 4.14. The Morgan fingerprint density at radius 3 is 2.56 bits per heavy atom. The zero-order valence-electron chi connectivity index (χ0n) is 14.6. The van der Waals surface area contributed by atoms with Crippen LogP contribution >= 0.6 is 0 Å². The molecule has 0 aliphatic carbocycles. The molecule has 3 rings (SSSR count). The number of carbonyl (C=O) groups is 1. The summed E-state index contributed by atoms with van der Waals surface area (Å²) in [5.41, 5.74) is -0.584. The average Bonchev–Trinajstić information content (AvgIpc) is 3.05. The fourth-order valence-corrected chi connectivity index (χ4v) is 2.65. The van der Waals surface area contributed by atoms with Crippen LogP contribution in [0, 0.1) is 0 Å². The van der Waals surface area contributed by atoms with Crippen molar-refractivity contribution in [1.82, 2.24) is 20.4 Å². The summed E-state index contributed by atoms with van der Waals surface area (Å²) in [6.45, 7) is 6.45. The van der Waals surface area contributed by atoms with Crippen molar-refractivity contribution in [1.29, 1.82) is 0 Å². The first-order valence-electron chi connectivity index (χ1n) is 8.21. The Kier molecular flexibility index (Phi) is 4.71.